The molecule has 1 aromatic heterocycles. The van der Waals surface area contributed by atoms with E-state index in [1.54, 1.807) is 0 Å². The van der Waals surface area contributed by atoms with Crippen LogP contribution in [0.3, 0.4) is 0 Å². The molecule has 0 bridgehead atoms. The first-order valence-electron chi connectivity index (χ1n) is 9.02. The van der Waals surface area contributed by atoms with Gasteiger partial charge >= 0.3 is 0 Å². The standard InChI is InChI=1S/C22H22N4S/c1-3-4-8-16-11-13-18(14-12-16)24-21-19(15-23)20(25-22(26-21)27-2)17-9-6-5-7-10-17/h5-7,9-14H,3-4,8H2,1-2H3,(H,24,25,26). The topological polar surface area (TPSA) is 61.6 Å². The molecule has 2 aromatic carbocycles. The first-order valence-corrected chi connectivity index (χ1v) is 10.2. The highest BCUT2D eigenvalue weighted by atomic mass is 32.2. The van der Waals surface area contributed by atoms with Crippen LogP contribution >= 0.6 is 11.8 Å². The molecule has 1 N–H and O–H groups in total. The van der Waals surface area contributed by atoms with Gasteiger partial charge in [-0.15, -0.1) is 0 Å². The van der Waals surface area contributed by atoms with E-state index in [9.17, 15) is 5.26 Å². The van der Waals surface area contributed by atoms with E-state index in [0.29, 0.717) is 22.2 Å². The second-order valence-electron chi connectivity index (χ2n) is 6.19. The third kappa shape index (κ3) is 4.66. The molecule has 0 unspecified atom stereocenters. The number of rotatable bonds is 7. The Balaban J connectivity index is 1.96. The number of hydrogen-bond acceptors (Lipinski definition) is 5. The number of thioether (sulfide) groups is 1. The smallest absolute Gasteiger partial charge is 0.189 e. The Morgan fingerprint density at radius 1 is 1.04 bits per heavy atom. The monoisotopic (exact) mass is 374 g/mol. The van der Waals surface area contributed by atoms with E-state index in [1.807, 2.05) is 48.7 Å². The summed E-state index contributed by atoms with van der Waals surface area (Å²) < 4.78 is 0. The van der Waals surface area contributed by atoms with E-state index in [1.165, 1.54) is 30.2 Å². The van der Waals surface area contributed by atoms with Crippen LogP contribution in [-0.2, 0) is 6.42 Å². The Hall–Kier alpha value is -2.84. The summed E-state index contributed by atoms with van der Waals surface area (Å²) in [7, 11) is 0. The van der Waals surface area contributed by atoms with Crippen LogP contribution in [0.25, 0.3) is 11.3 Å². The normalized spacial score (nSPS) is 10.4. The number of hydrogen-bond donors (Lipinski definition) is 1. The summed E-state index contributed by atoms with van der Waals surface area (Å²) in [5.41, 5.74) is 4.25. The molecule has 27 heavy (non-hydrogen) atoms. The highest BCUT2D eigenvalue weighted by Crippen LogP contribution is 2.30. The molecule has 0 radical (unpaired) electrons. The Bertz CT molecular complexity index is 931. The van der Waals surface area contributed by atoms with Crippen molar-refractivity contribution < 1.29 is 0 Å². The van der Waals surface area contributed by atoms with Gasteiger partial charge in [0.1, 0.15) is 11.6 Å². The van der Waals surface area contributed by atoms with Crippen LogP contribution in [-0.4, -0.2) is 16.2 Å². The predicted octanol–water partition coefficient (Wildman–Crippen LogP) is 5.82. The van der Waals surface area contributed by atoms with Crippen molar-refractivity contribution >= 4 is 23.3 Å². The van der Waals surface area contributed by atoms with Crippen LogP contribution in [0.1, 0.15) is 30.9 Å². The minimum Gasteiger partial charge on any atom is -0.339 e. The van der Waals surface area contributed by atoms with Crippen LogP contribution in [0, 0.1) is 11.3 Å². The number of nitrogens with zero attached hydrogens (tertiary/aromatic N) is 3. The van der Waals surface area contributed by atoms with Crippen LogP contribution < -0.4 is 5.32 Å². The van der Waals surface area contributed by atoms with Gasteiger partial charge in [-0.25, -0.2) is 9.97 Å². The fraction of sp³-hybridized carbons (Fsp3) is 0.227. The summed E-state index contributed by atoms with van der Waals surface area (Å²) in [5, 5.41) is 13.7. The summed E-state index contributed by atoms with van der Waals surface area (Å²) in [6, 6.07) is 20.4. The van der Waals surface area contributed by atoms with Gasteiger partial charge in [-0.3, -0.25) is 0 Å². The summed E-state index contributed by atoms with van der Waals surface area (Å²) in [6.07, 6.45) is 5.39. The molecule has 0 amide bonds. The molecule has 136 valence electrons. The molecule has 1 heterocycles. The minimum absolute atomic E-state index is 0.453. The van der Waals surface area contributed by atoms with E-state index < -0.39 is 0 Å². The van der Waals surface area contributed by atoms with E-state index >= 15 is 0 Å². The molecular formula is C22H22N4S. The average molecular weight is 375 g/mol. The second kappa shape index (κ2) is 9.20. The highest BCUT2D eigenvalue weighted by Gasteiger charge is 2.16. The van der Waals surface area contributed by atoms with Crippen LogP contribution in [0.15, 0.2) is 59.8 Å². The van der Waals surface area contributed by atoms with Gasteiger partial charge in [0.05, 0.1) is 5.69 Å². The van der Waals surface area contributed by atoms with Gasteiger partial charge in [0.25, 0.3) is 0 Å². The van der Waals surface area contributed by atoms with E-state index in [4.69, 9.17) is 0 Å². The molecule has 0 aliphatic rings. The molecule has 0 saturated heterocycles. The lowest BCUT2D eigenvalue weighted by atomic mass is 10.1. The van der Waals surface area contributed by atoms with Crippen molar-refractivity contribution in [3.63, 3.8) is 0 Å². The Morgan fingerprint density at radius 3 is 2.41 bits per heavy atom. The van der Waals surface area contributed by atoms with E-state index in [-0.39, 0.29) is 0 Å². The lowest BCUT2D eigenvalue weighted by Gasteiger charge is -2.12. The highest BCUT2D eigenvalue weighted by molar-refractivity contribution is 7.98. The van der Waals surface area contributed by atoms with Crippen molar-refractivity contribution in [2.45, 2.75) is 31.3 Å². The van der Waals surface area contributed by atoms with Crippen molar-refractivity contribution in [1.29, 1.82) is 5.26 Å². The number of unbranched alkanes of at least 4 members (excludes halogenated alkanes) is 1. The lowest BCUT2D eigenvalue weighted by Crippen LogP contribution is -2.03. The maximum absolute atomic E-state index is 9.77. The molecule has 0 aliphatic carbocycles. The summed E-state index contributed by atoms with van der Waals surface area (Å²) in [6.45, 7) is 2.20. The largest absolute Gasteiger partial charge is 0.339 e. The quantitative estimate of drug-likeness (QED) is 0.417. The molecule has 0 aliphatic heterocycles. The van der Waals surface area contributed by atoms with Gasteiger partial charge in [0, 0.05) is 11.3 Å². The number of aryl methyl sites for hydroxylation is 1. The van der Waals surface area contributed by atoms with Crippen LogP contribution in [0.5, 0.6) is 0 Å². The van der Waals surface area contributed by atoms with Crippen molar-refractivity contribution in [3.8, 4) is 17.3 Å². The molecule has 5 heteroatoms. The second-order valence-corrected chi connectivity index (χ2v) is 6.96. The number of benzene rings is 2. The fourth-order valence-corrected chi connectivity index (χ4v) is 3.17. The summed E-state index contributed by atoms with van der Waals surface area (Å²) in [4.78, 5) is 9.11. The van der Waals surface area contributed by atoms with Gasteiger partial charge in [0.2, 0.25) is 0 Å². The average Bonchev–Trinajstić information content (AvgIpc) is 2.73. The number of aromatic nitrogens is 2. The van der Waals surface area contributed by atoms with Crippen LogP contribution in [0.4, 0.5) is 11.5 Å². The fourth-order valence-electron chi connectivity index (χ4n) is 2.81. The number of nitrogens with one attached hydrogen (secondary N) is 1. The minimum atomic E-state index is 0.453. The zero-order chi connectivity index (χ0) is 19.1. The molecule has 4 nitrogen and oxygen atoms in total. The molecule has 0 atom stereocenters. The third-order valence-electron chi connectivity index (χ3n) is 4.27. The molecular weight excluding hydrogens is 352 g/mol. The molecule has 3 aromatic rings. The van der Waals surface area contributed by atoms with Gasteiger partial charge in [-0.05, 0) is 36.8 Å². The Kier molecular flexibility index (Phi) is 6.45. The van der Waals surface area contributed by atoms with Crippen molar-refractivity contribution in [3.05, 3.63) is 65.7 Å². The lowest BCUT2D eigenvalue weighted by molar-refractivity contribution is 0.795. The summed E-state index contributed by atoms with van der Waals surface area (Å²) in [5.74, 6) is 0.539. The maximum atomic E-state index is 9.77. The van der Waals surface area contributed by atoms with E-state index in [2.05, 4.69) is 40.4 Å². The first kappa shape index (κ1) is 18.9. The zero-order valence-electron chi connectivity index (χ0n) is 15.6. The van der Waals surface area contributed by atoms with Crippen molar-refractivity contribution in [1.82, 2.24) is 9.97 Å². The first-order chi connectivity index (χ1) is 13.2. The maximum Gasteiger partial charge on any atom is 0.189 e. The van der Waals surface area contributed by atoms with Gasteiger partial charge in [-0.1, -0.05) is 67.6 Å². The van der Waals surface area contributed by atoms with Gasteiger partial charge in [0.15, 0.2) is 11.0 Å². The van der Waals surface area contributed by atoms with Crippen LogP contribution in [0.2, 0.25) is 0 Å². The van der Waals surface area contributed by atoms with Crippen molar-refractivity contribution in [2.24, 2.45) is 0 Å². The van der Waals surface area contributed by atoms with E-state index in [0.717, 1.165) is 17.7 Å². The molecule has 0 fully saturated rings. The number of anilines is 2. The van der Waals surface area contributed by atoms with Gasteiger partial charge < -0.3 is 5.32 Å². The Labute approximate surface area is 164 Å². The van der Waals surface area contributed by atoms with Crippen molar-refractivity contribution in [2.75, 3.05) is 11.6 Å². The predicted molar refractivity (Wildman–Crippen MR) is 112 cm³/mol. The third-order valence-corrected chi connectivity index (χ3v) is 4.81. The molecule has 3 rings (SSSR count). The number of nitriles is 1. The molecule has 0 spiro atoms. The Morgan fingerprint density at radius 2 is 1.78 bits per heavy atom. The SMILES string of the molecule is CCCCc1ccc(Nc2nc(SC)nc(-c3ccccc3)c2C#N)cc1. The summed E-state index contributed by atoms with van der Waals surface area (Å²) >= 11 is 1.46. The zero-order valence-corrected chi connectivity index (χ0v) is 16.4. The molecule has 0 saturated carbocycles. The van der Waals surface area contributed by atoms with Gasteiger partial charge in [-0.2, -0.15) is 5.26 Å².